The number of carbonyl (C=O) groups is 1. The number of nitrogens with one attached hydrogen (secondary N) is 1. The van der Waals surface area contributed by atoms with Gasteiger partial charge in [-0.15, -0.1) is 11.8 Å². The normalized spacial score (nSPS) is 15.9. The van der Waals surface area contributed by atoms with E-state index in [1.165, 1.54) is 36.0 Å². The van der Waals surface area contributed by atoms with Gasteiger partial charge in [-0.3, -0.25) is 9.69 Å². The number of thioether (sulfide) groups is 1. The topological polar surface area (TPSA) is 41.6 Å². The first kappa shape index (κ1) is 20.8. The predicted molar refractivity (Wildman–Crippen MR) is 106 cm³/mol. The van der Waals surface area contributed by atoms with E-state index in [1.807, 2.05) is 0 Å². The second-order valence-corrected chi connectivity index (χ2v) is 7.74. The molecule has 3 rings (SSSR count). The van der Waals surface area contributed by atoms with E-state index in [4.69, 9.17) is 4.74 Å². The number of carbonyl (C=O) groups excluding carboxylic acids is 1. The van der Waals surface area contributed by atoms with Gasteiger partial charge in [-0.05, 0) is 42.0 Å². The highest BCUT2D eigenvalue weighted by molar-refractivity contribution is 7.99. The van der Waals surface area contributed by atoms with Crippen LogP contribution in [0.4, 0.5) is 8.78 Å². The molecule has 1 heterocycles. The van der Waals surface area contributed by atoms with Crippen LogP contribution in [0, 0.1) is 11.6 Å². The maximum atomic E-state index is 13.3. The van der Waals surface area contributed by atoms with Gasteiger partial charge in [-0.2, -0.15) is 0 Å². The number of nitrogens with zero attached hydrogens (tertiary/aromatic N) is 1. The first-order valence-electron chi connectivity index (χ1n) is 9.34. The van der Waals surface area contributed by atoms with Gasteiger partial charge in [0.25, 0.3) is 0 Å². The second kappa shape index (κ2) is 10.5. The van der Waals surface area contributed by atoms with E-state index >= 15 is 0 Å². The quantitative estimate of drug-likeness (QED) is 0.680. The molecule has 1 N–H and O–H groups in total. The van der Waals surface area contributed by atoms with E-state index in [-0.39, 0.29) is 23.6 Å². The Morgan fingerprint density at radius 3 is 2.29 bits per heavy atom. The Balaban J connectivity index is 1.51. The standard InChI is InChI=1S/C21H24F2N2O2S/c22-17-3-1-16(2-4-17)20(25-10-12-27-13-11-25)15-24-21(26)9-14-28-19-7-5-18(23)6-8-19/h1-8,20H,9-15H2,(H,24,26). The highest BCUT2D eigenvalue weighted by Gasteiger charge is 2.23. The van der Waals surface area contributed by atoms with E-state index in [1.54, 1.807) is 24.3 Å². The third-order valence-corrected chi connectivity index (χ3v) is 5.66. The zero-order valence-electron chi connectivity index (χ0n) is 15.6. The lowest BCUT2D eigenvalue weighted by molar-refractivity contribution is -0.121. The van der Waals surface area contributed by atoms with Crippen molar-refractivity contribution in [3.05, 3.63) is 65.7 Å². The largest absolute Gasteiger partial charge is 0.379 e. The predicted octanol–water partition coefficient (Wildman–Crippen LogP) is 3.64. The molecule has 2 aromatic rings. The maximum Gasteiger partial charge on any atom is 0.220 e. The van der Waals surface area contributed by atoms with E-state index < -0.39 is 0 Å². The van der Waals surface area contributed by atoms with Crippen molar-refractivity contribution >= 4 is 17.7 Å². The third kappa shape index (κ3) is 6.29. The summed E-state index contributed by atoms with van der Waals surface area (Å²) in [7, 11) is 0. The van der Waals surface area contributed by atoms with E-state index in [2.05, 4.69) is 10.2 Å². The smallest absolute Gasteiger partial charge is 0.220 e. The van der Waals surface area contributed by atoms with Crippen LogP contribution in [0.2, 0.25) is 0 Å². The fraction of sp³-hybridized carbons (Fsp3) is 0.381. The van der Waals surface area contributed by atoms with E-state index in [9.17, 15) is 13.6 Å². The molecule has 1 aliphatic heterocycles. The summed E-state index contributed by atoms with van der Waals surface area (Å²) in [6, 6.07) is 12.7. The molecule has 2 aromatic carbocycles. The zero-order chi connectivity index (χ0) is 19.8. The Kier molecular flexibility index (Phi) is 7.82. The van der Waals surface area contributed by atoms with E-state index in [0.29, 0.717) is 31.9 Å². The lowest BCUT2D eigenvalue weighted by atomic mass is 10.0. The van der Waals surface area contributed by atoms with Crippen molar-refractivity contribution in [3.63, 3.8) is 0 Å². The van der Waals surface area contributed by atoms with Gasteiger partial charge in [0.05, 0.1) is 19.3 Å². The number of amides is 1. The van der Waals surface area contributed by atoms with Crippen molar-refractivity contribution < 1.29 is 18.3 Å². The van der Waals surface area contributed by atoms with Gasteiger partial charge in [0.1, 0.15) is 11.6 Å². The SMILES string of the molecule is O=C(CCSc1ccc(F)cc1)NCC(c1ccc(F)cc1)N1CCOCC1. The highest BCUT2D eigenvalue weighted by Crippen LogP contribution is 2.22. The van der Waals surface area contributed by atoms with Gasteiger partial charge in [-0.25, -0.2) is 8.78 Å². The van der Waals surface area contributed by atoms with Gasteiger partial charge in [-0.1, -0.05) is 12.1 Å². The summed E-state index contributed by atoms with van der Waals surface area (Å²) in [5, 5.41) is 3.00. The number of benzene rings is 2. The van der Waals surface area contributed by atoms with E-state index in [0.717, 1.165) is 23.5 Å². The summed E-state index contributed by atoms with van der Waals surface area (Å²) < 4.78 is 31.6. The van der Waals surface area contributed by atoms with Crippen LogP contribution in [-0.2, 0) is 9.53 Å². The average molecular weight is 406 g/mol. The number of hydrogen-bond donors (Lipinski definition) is 1. The van der Waals surface area contributed by atoms with Crippen LogP contribution in [0.1, 0.15) is 18.0 Å². The summed E-state index contributed by atoms with van der Waals surface area (Å²) in [6.07, 6.45) is 0.376. The minimum atomic E-state index is -0.272. The number of halogens is 2. The summed E-state index contributed by atoms with van der Waals surface area (Å²) >= 11 is 1.52. The van der Waals surface area contributed by atoms with Crippen molar-refractivity contribution in [3.8, 4) is 0 Å². The number of hydrogen-bond acceptors (Lipinski definition) is 4. The van der Waals surface area contributed by atoms with Crippen LogP contribution >= 0.6 is 11.8 Å². The molecule has 28 heavy (non-hydrogen) atoms. The average Bonchev–Trinajstić information content (AvgIpc) is 2.72. The van der Waals surface area contributed by atoms with Crippen LogP contribution in [-0.4, -0.2) is 49.4 Å². The Bertz CT molecular complexity index is 750. The third-order valence-electron chi connectivity index (χ3n) is 4.65. The molecule has 1 amide bonds. The molecule has 1 saturated heterocycles. The van der Waals surface area contributed by atoms with Crippen molar-refractivity contribution in [1.29, 1.82) is 0 Å². The minimum absolute atomic E-state index is 0.0156. The fourth-order valence-electron chi connectivity index (χ4n) is 3.12. The van der Waals surface area contributed by atoms with Crippen molar-refractivity contribution in [2.24, 2.45) is 0 Å². The van der Waals surface area contributed by atoms with Gasteiger partial charge in [0.15, 0.2) is 0 Å². The molecular weight excluding hydrogens is 382 g/mol. The molecule has 0 saturated carbocycles. The molecule has 0 aliphatic carbocycles. The van der Waals surface area contributed by atoms with Crippen LogP contribution in [0.25, 0.3) is 0 Å². The summed E-state index contributed by atoms with van der Waals surface area (Å²) in [5.41, 5.74) is 0.976. The molecule has 0 spiro atoms. The summed E-state index contributed by atoms with van der Waals surface area (Å²) in [4.78, 5) is 15.5. The van der Waals surface area contributed by atoms with Gasteiger partial charge >= 0.3 is 0 Å². The molecule has 1 aliphatic rings. The number of ether oxygens (including phenoxy) is 1. The highest BCUT2D eigenvalue weighted by atomic mass is 32.2. The molecule has 1 fully saturated rings. The molecular formula is C21H24F2N2O2S. The van der Waals surface area contributed by atoms with Gasteiger partial charge < -0.3 is 10.1 Å². The fourth-order valence-corrected chi connectivity index (χ4v) is 3.97. The van der Waals surface area contributed by atoms with Crippen LogP contribution in [0.15, 0.2) is 53.4 Å². The maximum absolute atomic E-state index is 13.3. The molecule has 0 bridgehead atoms. The molecule has 0 aromatic heterocycles. The molecule has 1 atom stereocenters. The van der Waals surface area contributed by atoms with Crippen molar-refractivity contribution in [2.75, 3.05) is 38.6 Å². The van der Waals surface area contributed by atoms with Gasteiger partial charge in [0.2, 0.25) is 5.91 Å². The molecule has 1 unspecified atom stereocenters. The Morgan fingerprint density at radius 1 is 1.04 bits per heavy atom. The Hall–Kier alpha value is -1.96. The Labute approximate surface area is 168 Å². The molecule has 150 valence electrons. The molecule has 4 nitrogen and oxygen atoms in total. The van der Waals surface area contributed by atoms with Crippen LogP contribution in [0.5, 0.6) is 0 Å². The van der Waals surface area contributed by atoms with Crippen molar-refractivity contribution in [2.45, 2.75) is 17.4 Å². The number of rotatable bonds is 8. The lowest BCUT2D eigenvalue weighted by Crippen LogP contribution is -2.43. The Morgan fingerprint density at radius 2 is 1.64 bits per heavy atom. The first-order valence-corrected chi connectivity index (χ1v) is 10.3. The van der Waals surface area contributed by atoms with Crippen LogP contribution < -0.4 is 5.32 Å². The molecule has 7 heteroatoms. The monoisotopic (exact) mass is 406 g/mol. The van der Waals surface area contributed by atoms with Gasteiger partial charge in [0, 0.05) is 36.7 Å². The van der Waals surface area contributed by atoms with Crippen LogP contribution in [0.3, 0.4) is 0 Å². The second-order valence-electron chi connectivity index (χ2n) is 6.57. The first-order chi connectivity index (χ1) is 13.6. The number of morpholine rings is 1. The lowest BCUT2D eigenvalue weighted by Gasteiger charge is -2.35. The summed E-state index contributed by atoms with van der Waals surface area (Å²) in [6.45, 7) is 3.32. The zero-order valence-corrected chi connectivity index (χ0v) is 16.4. The molecule has 0 radical (unpaired) electrons. The summed E-state index contributed by atoms with van der Waals surface area (Å²) in [5.74, 6) is 0.0503. The minimum Gasteiger partial charge on any atom is -0.379 e. The van der Waals surface area contributed by atoms with Crippen molar-refractivity contribution in [1.82, 2.24) is 10.2 Å².